The first-order chi connectivity index (χ1) is 9.22. The molecule has 0 bridgehead atoms. The van der Waals surface area contributed by atoms with E-state index in [-0.39, 0.29) is 6.61 Å². The predicted octanol–water partition coefficient (Wildman–Crippen LogP) is 0.960. The minimum atomic E-state index is -1.30. The van der Waals surface area contributed by atoms with Crippen molar-refractivity contribution in [2.75, 3.05) is 6.61 Å². The number of ether oxygens (including phenoxy) is 2. The second-order valence-electron chi connectivity index (χ2n) is 4.25. The number of hydrogen-bond acceptors (Lipinski definition) is 5. The van der Waals surface area contributed by atoms with Crippen LogP contribution in [0.4, 0.5) is 0 Å². The van der Waals surface area contributed by atoms with Crippen molar-refractivity contribution in [1.29, 1.82) is 0 Å². The summed E-state index contributed by atoms with van der Waals surface area (Å²) in [7, 11) is 0. The molecule has 0 radical (unpaired) electrons. The lowest BCUT2D eigenvalue weighted by molar-refractivity contribution is -0.119. The number of benzene rings is 1. The molecule has 0 saturated carbocycles. The molecular weight excluding hydrogens is 250 g/mol. The van der Waals surface area contributed by atoms with E-state index in [1.165, 1.54) is 0 Å². The lowest BCUT2D eigenvalue weighted by Crippen LogP contribution is -2.33. The van der Waals surface area contributed by atoms with Crippen LogP contribution < -0.4 is 0 Å². The van der Waals surface area contributed by atoms with E-state index in [4.69, 9.17) is 15.0 Å². The van der Waals surface area contributed by atoms with Gasteiger partial charge in [0.05, 0.1) is 19.3 Å². The molecule has 1 heterocycles. The number of azide groups is 1. The van der Waals surface area contributed by atoms with Gasteiger partial charge in [-0.25, -0.2) is 0 Å². The zero-order valence-corrected chi connectivity index (χ0v) is 10.2. The van der Waals surface area contributed by atoms with Gasteiger partial charge in [-0.1, -0.05) is 35.4 Å². The molecule has 0 aliphatic carbocycles. The molecule has 2 N–H and O–H groups in total. The maximum absolute atomic E-state index is 9.82. The molecule has 0 aromatic heterocycles. The van der Waals surface area contributed by atoms with Gasteiger partial charge in [-0.15, -0.1) is 0 Å². The maximum Gasteiger partial charge on any atom is 0.166 e. The summed E-state index contributed by atoms with van der Waals surface area (Å²) < 4.78 is 10.5. The van der Waals surface area contributed by atoms with E-state index in [1.54, 1.807) is 0 Å². The van der Waals surface area contributed by atoms with Crippen LogP contribution in [-0.4, -0.2) is 41.4 Å². The van der Waals surface area contributed by atoms with Gasteiger partial charge in [0.1, 0.15) is 12.1 Å². The zero-order chi connectivity index (χ0) is 13.7. The predicted molar refractivity (Wildman–Crippen MR) is 65.9 cm³/mol. The van der Waals surface area contributed by atoms with Crippen molar-refractivity contribution in [3.8, 4) is 0 Å². The highest BCUT2D eigenvalue weighted by atomic mass is 16.6. The van der Waals surface area contributed by atoms with Crippen molar-refractivity contribution < 1.29 is 19.7 Å². The molecule has 1 saturated heterocycles. The summed E-state index contributed by atoms with van der Waals surface area (Å²) >= 11 is 0. The Bertz CT molecular complexity index is 450. The normalized spacial score (nSPS) is 30.0. The smallest absolute Gasteiger partial charge is 0.166 e. The summed E-state index contributed by atoms with van der Waals surface area (Å²) in [6, 6.07) is 8.57. The summed E-state index contributed by atoms with van der Waals surface area (Å²) in [5.41, 5.74) is 9.32. The molecular formula is C12H15N3O4. The number of nitrogens with zero attached hydrogens (tertiary/aromatic N) is 3. The van der Waals surface area contributed by atoms with E-state index in [0.29, 0.717) is 6.61 Å². The molecule has 1 fully saturated rings. The second-order valence-corrected chi connectivity index (χ2v) is 4.25. The molecule has 1 aromatic carbocycles. The molecule has 0 amide bonds. The third kappa shape index (κ3) is 3.44. The van der Waals surface area contributed by atoms with Gasteiger partial charge < -0.3 is 19.7 Å². The quantitative estimate of drug-likeness (QED) is 0.469. The lowest BCUT2D eigenvalue weighted by atomic mass is 10.1. The summed E-state index contributed by atoms with van der Waals surface area (Å²) in [5.74, 6) is 0. The summed E-state index contributed by atoms with van der Waals surface area (Å²) in [6.07, 6.45) is -3.06. The van der Waals surface area contributed by atoms with Gasteiger partial charge in [-0.05, 0) is 11.1 Å². The minimum Gasteiger partial charge on any atom is -0.390 e. The van der Waals surface area contributed by atoms with Crippen LogP contribution in [0.15, 0.2) is 35.4 Å². The van der Waals surface area contributed by atoms with Crippen molar-refractivity contribution in [2.24, 2.45) is 5.11 Å². The van der Waals surface area contributed by atoms with Crippen LogP contribution in [-0.2, 0) is 16.1 Å². The Hall–Kier alpha value is -1.63. The van der Waals surface area contributed by atoms with Crippen LogP contribution in [0.2, 0.25) is 0 Å². The summed E-state index contributed by atoms with van der Waals surface area (Å²) in [6.45, 7) is 0.500. The molecule has 2 rings (SSSR count). The van der Waals surface area contributed by atoms with Crippen LogP contribution in [0.5, 0.6) is 0 Å². The average Bonchev–Trinajstić information content (AvgIpc) is 2.68. The largest absolute Gasteiger partial charge is 0.390 e. The third-order valence-corrected chi connectivity index (χ3v) is 2.92. The zero-order valence-electron chi connectivity index (χ0n) is 10.2. The SMILES string of the molecule is [N-]=[N+]=N[C@H]1C(O)[C@@H](COCc2ccccc2)O[C@H]1O. The van der Waals surface area contributed by atoms with Gasteiger partial charge in [-0.3, -0.25) is 0 Å². The van der Waals surface area contributed by atoms with E-state index < -0.39 is 24.5 Å². The van der Waals surface area contributed by atoms with Crippen molar-refractivity contribution in [2.45, 2.75) is 31.1 Å². The second kappa shape index (κ2) is 6.51. The van der Waals surface area contributed by atoms with E-state index in [0.717, 1.165) is 5.56 Å². The van der Waals surface area contributed by atoms with E-state index >= 15 is 0 Å². The first-order valence-electron chi connectivity index (χ1n) is 5.90. The monoisotopic (exact) mass is 265 g/mol. The average molecular weight is 265 g/mol. The van der Waals surface area contributed by atoms with Gasteiger partial charge in [0.2, 0.25) is 0 Å². The fourth-order valence-electron chi connectivity index (χ4n) is 1.92. The third-order valence-electron chi connectivity index (χ3n) is 2.92. The number of aliphatic hydroxyl groups is 2. The molecule has 4 atom stereocenters. The molecule has 102 valence electrons. The highest BCUT2D eigenvalue weighted by Gasteiger charge is 2.42. The van der Waals surface area contributed by atoms with Gasteiger partial charge in [0.15, 0.2) is 6.29 Å². The van der Waals surface area contributed by atoms with Crippen molar-refractivity contribution >= 4 is 0 Å². The molecule has 1 aromatic rings. The first kappa shape index (κ1) is 13.8. The molecule has 1 aliphatic rings. The van der Waals surface area contributed by atoms with E-state index in [9.17, 15) is 10.2 Å². The highest BCUT2D eigenvalue weighted by molar-refractivity contribution is 5.13. The molecule has 19 heavy (non-hydrogen) atoms. The Labute approximate surface area is 110 Å². The first-order valence-corrected chi connectivity index (χ1v) is 5.90. The van der Waals surface area contributed by atoms with Gasteiger partial charge >= 0.3 is 0 Å². The van der Waals surface area contributed by atoms with Crippen molar-refractivity contribution in [1.82, 2.24) is 0 Å². The Morgan fingerprint density at radius 1 is 1.32 bits per heavy atom. The molecule has 7 nitrogen and oxygen atoms in total. The minimum absolute atomic E-state index is 0.116. The molecule has 7 heteroatoms. The van der Waals surface area contributed by atoms with Crippen LogP contribution in [0.1, 0.15) is 5.56 Å². The molecule has 1 aliphatic heterocycles. The van der Waals surface area contributed by atoms with Gasteiger partial charge in [-0.2, -0.15) is 0 Å². The van der Waals surface area contributed by atoms with Gasteiger partial charge in [0, 0.05) is 4.91 Å². The highest BCUT2D eigenvalue weighted by Crippen LogP contribution is 2.23. The van der Waals surface area contributed by atoms with Crippen molar-refractivity contribution in [3.05, 3.63) is 46.3 Å². The van der Waals surface area contributed by atoms with E-state index in [2.05, 4.69) is 10.0 Å². The van der Waals surface area contributed by atoms with Crippen LogP contribution >= 0.6 is 0 Å². The molecule has 0 spiro atoms. The lowest BCUT2D eigenvalue weighted by Gasteiger charge is -2.14. The number of aliphatic hydroxyl groups excluding tert-OH is 2. The van der Waals surface area contributed by atoms with Crippen LogP contribution in [0.25, 0.3) is 10.4 Å². The Kier molecular flexibility index (Phi) is 4.73. The Balaban J connectivity index is 1.82. The van der Waals surface area contributed by atoms with Gasteiger partial charge in [0.25, 0.3) is 0 Å². The summed E-state index contributed by atoms with van der Waals surface area (Å²) in [4.78, 5) is 2.57. The summed E-state index contributed by atoms with van der Waals surface area (Å²) in [5, 5.41) is 22.6. The maximum atomic E-state index is 9.82. The Morgan fingerprint density at radius 2 is 2.05 bits per heavy atom. The number of rotatable bonds is 5. The Morgan fingerprint density at radius 3 is 2.74 bits per heavy atom. The molecule has 1 unspecified atom stereocenters. The topological polar surface area (TPSA) is 108 Å². The van der Waals surface area contributed by atoms with E-state index in [1.807, 2.05) is 30.3 Å². The standard InChI is InChI=1S/C12H15N3O4/c13-15-14-10-11(16)9(19-12(10)17)7-18-6-8-4-2-1-3-5-8/h1-5,9-12,16-17H,6-7H2/t9-,10+,11?,12-/m1/s1. The fourth-order valence-corrected chi connectivity index (χ4v) is 1.92. The number of hydrogen-bond donors (Lipinski definition) is 2. The van der Waals surface area contributed by atoms with Crippen molar-refractivity contribution in [3.63, 3.8) is 0 Å². The van der Waals surface area contributed by atoms with Crippen LogP contribution in [0, 0.1) is 0 Å². The van der Waals surface area contributed by atoms with Crippen LogP contribution in [0.3, 0.4) is 0 Å². The fraction of sp³-hybridized carbons (Fsp3) is 0.500.